The van der Waals surface area contributed by atoms with Crippen LogP contribution < -0.4 is 14.2 Å². The van der Waals surface area contributed by atoms with Crippen LogP contribution in [-0.2, 0) is 11.4 Å². The second kappa shape index (κ2) is 11.8. The standard InChI is InChI=1S/C29H28ClNO5S/c1-18-6-9-21(10-7-18)17-36-27-23(30)14-22(15-25(27)34-4)16-26-28(32)31(29(33)37-26)11-12-35-24-13-19(2)5-8-20(24)3/h5-10,13-16H,11-12,17H2,1-4H3/b26-16-. The van der Waals surface area contributed by atoms with Crippen LogP contribution in [0.3, 0.4) is 0 Å². The summed E-state index contributed by atoms with van der Waals surface area (Å²) in [6.07, 6.45) is 1.63. The van der Waals surface area contributed by atoms with Crippen molar-refractivity contribution in [3.63, 3.8) is 0 Å². The summed E-state index contributed by atoms with van der Waals surface area (Å²) in [5.74, 6) is 1.23. The number of nitrogens with zero attached hydrogens (tertiary/aromatic N) is 1. The van der Waals surface area contributed by atoms with Gasteiger partial charge in [0.05, 0.1) is 23.6 Å². The molecule has 6 nitrogen and oxygen atoms in total. The third kappa shape index (κ3) is 6.48. The Morgan fingerprint density at radius 3 is 2.38 bits per heavy atom. The molecule has 0 spiro atoms. The van der Waals surface area contributed by atoms with E-state index in [1.54, 1.807) is 18.2 Å². The molecule has 0 atom stereocenters. The van der Waals surface area contributed by atoms with E-state index in [2.05, 4.69) is 0 Å². The van der Waals surface area contributed by atoms with Crippen molar-refractivity contribution in [2.75, 3.05) is 20.3 Å². The third-order valence-corrected chi connectivity index (χ3v) is 7.03. The van der Waals surface area contributed by atoms with Gasteiger partial charge in [-0.05, 0) is 79.1 Å². The Bertz CT molecular complexity index is 1350. The average molecular weight is 538 g/mol. The first-order valence-electron chi connectivity index (χ1n) is 11.8. The fraction of sp³-hybridized carbons (Fsp3) is 0.241. The number of halogens is 1. The molecule has 0 bridgehead atoms. The first-order chi connectivity index (χ1) is 17.7. The van der Waals surface area contributed by atoms with Crippen molar-refractivity contribution in [3.05, 3.63) is 92.3 Å². The van der Waals surface area contributed by atoms with Gasteiger partial charge in [0, 0.05) is 0 Å². The number of ether oxygens (including phenoxy) is 3. The summed E-state index contributed by atoms with van der Waals surface area (Å²) in [6, 6.07) is 17.4. The quantitative estimate of drug-likeness (QED) is 0.275. The van der Waals surface area contributed by atoms with E-state index in [0.29, 0.717) is 33.6 Å². The molecule has 3 aromatic rings. The number of rotatable bonds is 9. The Morgan fingerprint density at radius 2 is 1.65 bits per heavy atom. The van der Waals surface area contributed by atoms with Gasteiger partial charge in [-0.1, -0.05) is 53.6 Å². The zero-order valence-electron chi connectivity index (χ0n) is 21.2. The largest absolute Gasteiger partial charge is 0.493 e. The molecular weight excluding hydrogens is 510 g/mol. The number of thioether (sulfide) groups is 1. The Kier molecular flexibility index (Phi) is 8.46. The van der Waals surface area contributed by atoms with Gasteiger partial charge in [-0.15, -0.1) is 0 Å². The van der Waals surface area contributed by atoms with E-state index in [1.165, 1.54) is 17.6 Å². The van der Waals surface area contributed by atoms with Crippen molar-refractivity contribution in [2.45, 2.75) is 27.4 Å². The predicted octanol–water partition coefficient (Wildman–Crippen LogP) is 6.97. The van der Waals surface area contributed by atoms with Crippen molar-refractivity contribution < 1.29 is 23.8 Å². The van der Waals surface area contributed by atoms with Gasteiger partial charge >= 0.3 is 0 Å². The van der Waals surface area contributed by atoms with E-state index >= 15 is 0 Å². The number of imide groups is 1. The number of methoxy groups -OCH3 is 1. The molecule has 2 amide bonds. The number of aryl methyl sites for hydroxylation is 3. The zero-order valence-corrected chi connectivity index (χ0v) is 22.7. The first kappa shape index (κ1) is 26.6. The smallest absolute Gasteiger partial charge is 0.293 e. The molecule has 4 rings (SSSR count). The number of hydrogen-bond acceptors (Lipinski definition) is 6. The first-order valence-corrected chi connectivity index (χ1v) is 13.0. The van der Waals surface area contributed by atoms with Crippen molar-refractivity contribution in [3.8, 4) is 17.2 Å². The van der Waals surface area contributed by atoms with Crippen LogP contribution in [0.1, 0.15) is 27.8 Å². The molecule has 1 heterocycles. The average Bonchev–Trinajstić information content (AvgIpc) is 3.13. The Balaban J connectivity index is 1.44. The van der Waals surface area contributed by atoms with Gasteiger partial charge in [0.25, 0.3) is 11.1 Å². The fourth-order valence-corrected chi connectivity index (χ4v) is 4.90. The molecule has 37 heavy (non-hydrogen) atoms. The predicted molar refractivity (Wildman–Crippen MR) is 148 cm³/mol. The van der Waals surface area contributed by atoms with Gasteiger partial charge in [0.1, 0.15) is 19.0 Å². The van der Waals surface area contributed by atoms with Crippen LogP contribution in [-0.4, -0.2) is 36.3 Å². The minimum absolute atomic E-state index is 0.158. The SMILES string of the molecule is COc1cc(/C=C2\SC(=O)N(CCOc3cc(C)ccc3C)C2=O)cc(Cl)c1OCc1ccc(C)cc1. The van der Waals surface area contributed by atoms with Gasteiger partial charge < -0.3 is 14.2 Å². The normalized spacial score (nSPS) is 14.4. The molecule has 0 saturated carbocycles. The highest BCUT2D eigenvalue weighted by Crippen LogP contribution is 2.39. The lowest BCUT2D eigenvalue weighted by Gasteiger charge is -2.15. The summed E-state index contributed by atoms with van der Waals surface area (Å²) in [5.41, 5.74) is 4.87. The lowest BCUT2D eigenvalue weighted by atomic mass is 10.1. The minimum atomic E-state index is -0.366. The van der Waals surface area contributed by atoms with E-state index in [9.17, 15) is 9.59 Å². The summed E-state index contributed by atoms with van der Waals surface area (Å²) in [4.78, 5) is 27.0. The molecule has 8 heteroatoms. The van der Waals surface area contributed by atoms with Gasteiger partial charge in [0.15, 0.2) is 11.5 Å². The van der Waals surface area contributed by atoms with Gasteiger partial charge in [0.2, 0.25) is 0 Å². The molecule has 1 aliphatic heterocycles. The summed E-state index contributed by atoms with van der Waals surface area (Å²) in [5, 5.41) is 0.00999. The molecular formula is C29H28ClNO5S. The monoisotopic (exact) mass is 537 g/mol. The van der Waals surface area contributed by atoms with Crippen LogP contribution in [0.4, 0.5) is 4.79 Å². The number of amides is 2. The molecule has 1 aliphatic rings. The maximum absolute atomic E-state index is 12.9. The van der Waals surface area contributed by atoms with Crippen LogP contribution in [0.5, 0.6) is 17.2 Å². The highest BCUT2D eigenvalue weighted by atomic mass is 35.5. The minimum Gasteiger partial charge on any atom is -0.493 e. The molecule has 192 valence electrons. The maximum Gasteiger partial charge on any atom is 0.293 e. The number of hydrogen-bond donors (Lipinski definition) is 0. The van der Waals surface area contributed by atoms with Gasteiger partial charge in [-0.3, -0.25) is 14.5 Å². The molecule has 0 N–H and O–H groups in total. The second-order valence-electron chi connectivity index (χ2n) is 8.76. The van der Waals surface area contributed by atoms with Crippen molar-refractivity contribution >= 4 is 40.6 Å². The van der Waals surface area contributed by atoms with Crippen molar-refractivity contribution in [1.29, 1.82) is 0 Å². The summed E-state index contributed by atoms with van der Waals surface area (Å²) < 4.78 is 17.3. The van der Waals surface area contributed by atoms with Gasteiger partial charge in [-0.2, -0.15) is 0 Å². The molecule has 0 radical (unpaired) electrons. The molecule has 1 saturated heterocycles. The van der Waals surface area contributed by atoms with E-state index in [4.69, 9.17) is 25.8 Å². The van der Waals surface area contributed by atoms with E-state index < -0.39 is 0 Å². The summed E-state index contributed by atoms with van der Waals surface area (Å²) in [7, 11) is 1.53. The third-order valence-electron chi connectivity index (χ3n) is 5.84. The summed E-state index contributed by atoms with van der Waals surface area (Å²) >= 11 is 7.40. The lowest BCUT2D eigenvalue weighted by Crippen LogP contribution is -2.32. The Morgan fingerprint density at radius 1 is 0.919 bits per heavy atom. The maximum atomic E-state index is 12.9. The van der Waals surface area contributed by atoms with Crippen LogP contribution in [0.25, 0.3) is 6.08 Å². The van der Waals surface area contributed by atoms with Crippen LogP contribution in [0.2, 0.25) is 5.02 Å². The highest BCUT2D eigenvalue weighted by Gasteiger charge is 2.35. The van der Waals surface area contributed by atoms with Crippen molar-refractivity contribution in [2.24, 2.45) is 0 Å². The number of carbonyl (C=O) groups excluding carboxylic acids is 2. The zero-order chi connectivity index (χ0) is 26.5. The molecule has 0 unspecified atom stereocenters. The van der Waals surface area contributed by atoms with Crippen LogP contribution >= 0.6 is 23.4 Å². The lowest BCUT2D eigenvalue weighted by molar-refractivity contribution is -0.123. The molecule has 3 aromatic carbocycles. The van der Waals surface area contributed by atoms with E-state index in [-0.39, 0.29) is 24.3 Å². The number of carbonyl (C=O) groups is 2. The molecule has 0 aliphatic carbocycles. The van der Waals surface area contributed by atoms with Gasteiger partial charge in [-0.25, -0.2) is 0 Å². The second-order valence-corrected chi connectivity index (χ2v) is 10.2. The molecule has 1 fully saturated rings. The van der Waals surface area contributed by atoms with Crippen LogP contribution in [0, 0.1) is 20.8 Å². The topological polar surface area (TPSA) is 65.1 Å². The Labute approximate surface area is 226 Å². The van der Waals surface area contributed by atoms with E-state index in [1.807, 2.05) is 63.2 Å². The number of benzene rings is 3. The van der Waals surface area contributed by atoms with Crippen molar-refractivity contribution in [1.82, 2.24) is 4.90 Å². The van der Waals surface area contributed by atoms with E-state index in [0.717, 1.165) is 34.2 Å². The molecule has 0 aromatic heterocycles. The van der Waals surface area contributed by atoms with Crippen LogP contribution in [0.15, 0.2) is 59.5 Å². The fourth-order valence-electron chi connectivity index (χ4n) is 3.76. The summed E-state index contributed by atoms with van der Waals surface area (Å²) in [6.45, 7) is 6.66. The highest BCUT2D eigenvalue weighted by molar-refractivity contribution is 8.18. The Hall–Kier alpha value is -3.42.